The molecule has 9 heteroatoms. The zero-order chi connectivity index (χ0) is 27.5. The molecule has 2 fully saturated rings. The van der Waals surface area contributed by atoms with Crippen molar-refractivity contribution in [1.29, 1.82) is 0 Å². The number of esters is 1. The van der Waals surface area contributed by atoms with Gasteiger partial charge in [-0.3, -0.25) is 4.90 Å². The third kappa shape index (κ3) is 6.34. The second kappa shape index (κ2) is 11.9. The molecule has 0 bridgehead atoms. The fourth-order valence-electron chi connectivity index (χ4n) is 5.47. The van der Waals surface area contributed by atoms with Gasteiger partial charge in [-0.25, -0.2) is 4.79 Å². The molecule has 4 N–H and O–H groups in total. The number of ether oxygens (including phenoxy) is 3. The van der Waals surface area contributed by atoms with E-state index in [0.29, 0.717) is 17.4 Å². The normalized spacial score (nSPS) is 29.4. The van der Waals surface area contributed by atoms with E-state index in [1.165, 1.54) is 48.3 Å². The quantitative estimate of drug-likeness (QED) is 0.311. The lowest BCUT2D eigenvalue weighted by Crippen LogP contribution is -2.60. The number of hydrogen-bond acceptors (Lipinski definition) is 9. The molecule has 0 aromatic heterocycles. The third-order valence-electron chi connectivity index (χ3n) is 7.74. The van der Waals surface area contributed by atoms with Gasteiger partial charge >= 0.3 is 5.97 Å². The molecule has 3 heterocycles. The minimum absolute atomic E-state index is 0.114. The first-order valence-electron chi connectivity index (χ1n) is 13.3. The van der Waals surface area contributed by atoms with Gasteiger partial charge in [-0.15, -0.1) is 0 Å². The summed E-state index contributed by atoms with van der Waals surface area (Å²) in [6.07, 6.45) is -0.594. The molecular formula is C30H35NO8. The Kier molecular flexibility index (Phi) is 8.34. The maximum absolute atomic E-state index is 12.2. The summed E-state index contributed by atoms with van der Waals surface area (Å²) < 4.78 is 16.7. The Balaban J connectivity index is 1.18. The van der Waals surface area contributed by atoms with E-state index in [1.807, 2.05) is 12.1 Å². The van der Waals surface area contributed by atoms with Crippen LogP contribution in [0.25, 0.3) is 11.6 Å². The second-order valence-corrected chi connectivity index (χ2v) is 10.4. The first-order valence-corrected chi connectivity index (χ1v) is 13.3. The Labute approximate surface area is 227 Å². The Hall–Kier alpha value is -3.21. The van der Waals surface area contributed by atoms with Gasteiger partial charge in [0.25, 0.3) is 0 Å². The number of phenols is 1. The highest BCUT2D eigenvalue weighted by Crippen LogP contribution is 2.35. The molecule has 2 aromatic carbocycles. The maximum atomic E-state index is 12.2. The van der Waals surface area contributed by atoms with Gasteiger partial charge in [0.1, 0.15) is 42.5 Å². The smallest absolute Gasteiger partial charge is 0.330 e. The van der Waals surface area contributed by atoms with Crippen LogP contribution in [0.5, 0.6) is 11.5 Å². The van der Waals surface area contributed by atoms with Crippen molar-refractivity contribution in [2.75, 3.05) is 19.7 Å². The van der Waals surface area contributed by atoms with Crippen molar-refractivity contribution >= 4 is 17.6 Å². The molecule has 2 aromatic rings. The molecule has 2 saturated heterocycles. The number of nitrogens with zero attached hydrogens (tertiary/aromatic N) is 1. The molecule has 39 heavy (non-hydrogen) atoms. The number of carbonyl (C=O) groups excluding carboxylic acids is 1. The zero-order valence-corrected chi connectivity index (χ0v) is 21.8. The molecule has 3 aliphatic rings. The molecule has 9 nitrogen and oxygen atoms in total. The molecule has 3 aliphatic heterocycles. The van der Waals surface area contributed by atoms with E-state index in [-0.39, 0.29) is 12.4 Å². The third-order valence-corrected chi connectivity index (χ3v) is 7.74. The summed E-state index contributed by atoms with van der Waals surface area (Å²) in [7, 11) is 0. The monoisotopic (exact) mass is 537 g/mol. The van der Waals surface area contributed by atoms with E-state index in [2.05, 4.69) is 11.8 Å². The summed E-state index contributed by atoms with van der Waals surface area (Å²) >= 11 is 0. The molecule has 0 amide bonds. The van der Waals surface area contributed by atoms with Crippen molar-refractivity contribution in [2.24, 2.45) is 0 Å². The highest BCUT2D eigenvalue weighted by Gasteiger charge is 2.45. The lowest BCUT2D eigenvalue weighted by Gasteiger charge is -2.39. The van der Waals surface area contributed by atoms with Crippen LogP contribution in [-0.4, -0.2) is 87.7 Å². The van der Waals surface area contributed by atoms with Gasteiger partial charge in [0.2, 0.25) is 6.29 Å². The van der Waals surface area contributed by atoms with Gasteiger partial charge < -0.3 is 34.6 Å². The van der Waals surface area contributed by atoms with Crippen molar-refractivity contribution in [1.82, 2.24) is 4.90 Å². The van der Waals surface area contributed by atoms with Gasteiger partial charge in [-0.2, -0.15) is 0 Å². The van der Waals surface area contributed by atoms with Crippen LogP contribution in [0.15, 0.2) is 60.2 Å². The number of hydrogen-bond donors (Lipinski definition) is 4. The Morgan fingerprint density at radius 1 is 1.05 bits per heavy atom. The van der Waals surface area contributed by atoms with E-state index in [9.17, 15) is 25.2 Å². The molecule has 6 atom stereocenters. The van der Waals surface area contributed by atoms with Crippen LogP contribution >= 0.6 is 0 Å². The number of carbonyl (C=O) groups is 1. The van der Waals surface area contributed by atoms with E-state index in [4.69, 9.17) is 14.2 Å². The minimum atomic E-state index is -1.55. The molecule has 208 valence electrons. The maximum Gasteiger partial charge on any atom is 0.330 e. The molecule has 0 radical (unpaired) electrons. The standard InChI is InChI=1S/C30H35NO8/c1-18-15-21-3-2-14-31(21)16-24(18)20-7-11-23(12-8-20)38-30-29(36)28(35)27(34)25(39-30)17-37-26(33)13-6-19-4-9-22(32)10-5-19/h4-13,21,25,27-30,32,34-36H,2-3,14-17H2,1H3/b13-6+/t21?,25-,27-,28+,29-,30-/m1/s1. The second-order valence-electron chi connectivity index (χ2n) is 10.4. The van der Waals surface area contributed by atoms with Crippen LogP contribution in [0, 0.1) is 0 Å². The summed E-state index contributed by atoms with van der Waals surface area (Å²) in [4.78, 5) is 14.7. The number of aliphatic hydroxyl groups is 3. The highest BCUT2D eigenvalue weighted by molar-refractivity contribution is 5.87. The van der Waals surface area contributed by atoms with Crippen molar-refractivity contribution < 1.29 is 39.4 Å². The molecule has 0 aliphatic carbocycles. The van der Waals surface area contributed by atoms with Gasteiger partial charge in [0.05, 0.1) is 0 Å². The highest BCUT2D eigenvalue weighted by atomic mass is 16.7. The molecule has 1 unspecified atom stereocenters. The van der Waals surface area contributed by atoms with Gasteiger partial charge in [0.15, 0.2) is 0 Å². The minimum Gasteiger partial charge on any atom is -0.508 e. The molecule has 0 spiro atoms. The molecular weight excluding hydrogens is 502 g/mol. The van der Waals surface area contributed by atoms with Crippen LogP contribution in [0.2, 0.25) is 0 Å². The SMILES string of the molecule is CC1=C(c2ccc(O[C@@H]3O[C@H](COC(=O)/C=C/c4ccc(O)cc4)[C@@H](O)[C@H](O)[C@H]3O)cc2)CN2CCCC2C1. The first kappa shape index (κ1) is 27.4. The average molecular weight is 538 g/mol. The van der Waals surface area contributed by atoms with Crippen molar-refractivity contribution in [2.45, 2.75) is 62.9 Å². The number of aromatic hydroxyl groups is 1. The van der Waals surface area contributed by atoms with Crippen molar-refractivity contribution in [3.63, 3.8) is 0 Å². The van der Waals surface area contributed by atoms with E-state index in [1.54, 1.807) is 24.3 Å². The van der Waals surface area contributed by atoms with Gasteiger partial charge in [-0.1, -0.05) is 29.8 Å². The first-order chi connectivity index (χ1) is 18.8. The number of phenolic OH excluding ortho intramolecular Hbond substituents is 1. The molecule has 5 rings (SSSR count). The zero-order valence-electron chi connectivity index (χ0n) is 21.8. The average Bonchev–Trinajstić information content (AvgIpc) is 3.39. The van der Waals surface area contributed by atoms with Gasteiger partial charge in [-0.05, 0) is 79.8 Å². The molecule has 0 saturated carbocycles. The van der Waals surface area contributed by atoms with Gasteiger partial charge in [0, 0.05) is 18.7 Å². The summed E-state index contributed by atoms with van der Waals surface area (Å²) in [6, 6.07) is 14.5. The Morgan fingerprint density at radius 3 is 2.54 bits per heavy atom. The summed E-state index contributed by atoms with van der Waals surface area (Å²) in [5.74, 6) is -0.129. The predicted octanol–water partition coefficient (Wildman–Crippen LogP) is 2.48. The van der Waals surface area contributed by atoms with Crippen molar-refractivity contribution in [3.8, 4) is 11.5 Å². The lowest BCUT2D eigenvalue weighted by molar-refractivity contribution is -0.278. The summed E-state index contributed by atoms with van der Waals surface area (Å²) in [5.41, 5.74) is 4.54. The fraction of sp³-hybridized carbons (Fsp3) is 0.433. The topological polar surface area (TPSA) is 129 Å². The van der Waals surface area contributed by atoms with Crippen LogP contribution in [0.1, 0.15) is 37.3 Å². The summed E-state index contributed by atoms with van der Waals surface area (Å²) in [5, 5.41) is 40.6. The van der Waals surface area contributed by atoms with Crippen molar-refractivity contribution in [3.05, 3.63) is 71.3 Å². The largest absolute Gasteiger partial charge is 0.508 e. The summed E-state index contributed by atoms with van der Waals surface area (Å²) in [6.45, 7) is 3.92. The number of aliphatic hydroxyl groups excluding tert-OH is 3. The number of rotatable bonds is 7. The van der Waals surface area contributed by atoms with Crippen LogP contribution < -0.4 is 4.74 Å². The number of fused-ring (bicyclic) bond motifs is 1. The van der Waals surface area contributed by atoms with Crippen LogP contribution in [0.4, 0.5) is 0 Å². The van der Waals surface area contributed by atoms with E-state index < -0.39 is 36.7 Å². The fourth-order valence-corrected chi connectivity index (χ4v) is 5.47. The lowest BCUT2D eigenvalue weighted by atomic mass is 9.91. The van der Waals surface area contributed by atoms with Crippen LogP contribution in [0.3, 0.4) is 0 Å². The predicted molar refractivity (Wildman–Crippen MR) is 144 cm³/mol. The number of benzene rings is 2. The van der Waals surface area contributed by atoms with E-state index >= 15 is 0 Å². The Morgan fingerprint density at radius 2 is 1.79 bits per heavy atom. The van der Waals surface area contributed by atoms with E-state index in [0.717, 1.165) is 25.1 Å². The Bertz CT molecular complexity index is 1210. The van der Waals surface area contributed by atoms with Crippen LogP contribution in [-0.2, 0) is 14.3 Å².